The zero-order chi connectivity index (χ0) is 17.7. The van der Waals surface area contributed by atoms with Gasteiger partial charge in [0.1, 0.15) is 0 Å². The molecule has 0 aromatic carbocycles. The summed E-state index contributed by atoms with van der Waals surface area (Å²) in [4.78, 5) is 12.6. The van der Waals surface area contributed by atoms with Gasteiger partial charge >= 0.3 is 5.97 Å². The Labute approximate surface area is 148 Å². The van der Waals surface area contributed by atoms with Crippen molar-refractivity contribution >= 4 is 14.3 Å². The van der Waals surface area contributed by atoms with Gasteiger partial charge in [0.2, 0.25) is 8.32 Å². The van der Waals surface area contributed by atoms with Gasteiger partial charge in [0.15, 0.2) is 0 Å². The molecule has 3 unspecified atom stereocenters. The first-order chi connectivity index (χ1) is 11.3. The van der Waals surface area contributed by atoms with E-state index >= 15 is 0 Å². The van der Waals surface area contributed by atoms with Crippen molar-refractivity contribution in [3.8, 4) is 0 Å². The first-order valence-corrected chi connectivity index (χ1v) is 12.0. The van der Waals surface area contributed by atoms with Gasteiger partial charge in [-0.15, -0.1) is 0 Å². The van der Waals surface area contributed by atoms with Gasteiger partial charge in [-0.3, -0.25) is 4.79 Å². The number of rotatable bonds is 5. The van der Waals surface area contributed by atoms with E-state index in [1.807, 2.05) is 0 Å². The second-order valence-electron chi connectivity index (χ2n) is 8.97. The predicted octanol–water partition coefficient (Wildman–Crippen LogP) is 5.22. The van der Waals surface area contributed by atoms with Crippen LogP contribution in [-0.2, 0) is 14.0 Å². The minimum absolute atomic E-state index is 0.0236. The van der Waals surface area contributed by atoms with Crippen LogP contribution in [0.1, 0.15) is 67.2 Å². The van der Waals surface area contributed by atoms with Crippen molar-refractivity contribution in [2.24, 2.45) is 11.3 Å². The number of hydrogen-bond acceptors (Lipinski definition) is 3. The van der Waals surface area contributed by atoms with Gasteiger partial charge in [-0.05, 0) is 47.9 Å². The van der Waals surface area contributed by atoms with E-state index in [1.54, 1.807) is 0 Å². The van der Waals surface area contributed by atoms with E-state index in [2.05, 4.69) is 47.6 Å². The highest BCUT2D eigenvalue weighted by molar-refractivity contribution is 6.77. The SMILES string of the molecule is CC(C)[Si](OC1CCC23C(=O)OCC2CCC=C13)(C(C)C)C(C)C. The molecule has 0 bridgehead atoms. The molecule has 0 N–H and O–H groups in total. The third-order valence-electron chi connectivity index (χ3n) is 7.07. The number of cyclic esters (lactones) is 1. The molecule has 3 aliphatic rings. The lowest BCUT2D eigenvalue weighted by molar-refractivity contribution is -0.144. The Morgan fingerprint density at radius 3 is 2.33 bits per heavy atom. The maximum Gasteiger partial charge on any atom is 0.316 e. The van der Waals surface area contributed by atoms with Crippen LogP contribution in [0.15, 0.2) is 11.6 Å². The summed E-state index contributed by atoms with van der Waals surface area (Å²) < 4.78 is 12.6. The maximum absolute atomic E-state index is 12.6. The van der Waals surface area contributed by atoms with Gasteiger partial charge in [-0.2, -0.15) is 0 Å². The zero-order valence-corrected chi connectivity index (χ0v) is 17.2. The Balaban J connectivity index is 1.94. The Hall–Kier alpha value is -0.613. The molecule has 1 saturated carbocycles. The van der Waals surface area contributed by atoms with Crippen molar-refractivity contribution in [3.05, 3.63) is 11.6 Å². The normalized spacial score (nSPS) is 33.0. The van der Waals surface area contributed by atoms with Crippen LogP contribution in [0.25, 0.3) is 0 Å². The highest BCUT2D eigenvalue weighted by Gasteiger charge is 2.61. The molecule has 1 heterocycles. The molecule has 0 aromatic rings. The molecule has 1 aliphatic heterocycles. The van der Waals surface area contributed by atoms with E-state index in [0.29, 0.717) is 29.1 Å². The Morgan fingerprint density at radius 1 is 1.12 bits per heavy atom. The molecule has 3 atom stereocenters. The van der Waals surface area contributed by atoms with E-state index in [4.69, 9.17) is 9.16 Å². The number of ether oxygens (including phenoxy) is 1. The number of allylic oxidation sites excluding steroid dienone is 1. The first-order valence-electron chi connectivity index (χ1n) is 9.82. The van der Waals surface area contributed by atoms with Crippen LogP contribution in [0, 0.1) is 11.3 Å². The summed E-state index contributed by atoms with van der Waals surface area (Å²) in [7, 11) is -1.93. The number of carbonyl (C=O) groups is 1. The largest absolute Gasteiger partial charge is 0.465 e. The molecule has 2 aliphatic carbocycles. The highest BCUT2D eigenvalue weighted by atomic mass is 28.4. The fourth-order valence-corrected chi connectivity index (χ4v) is 11.6. The number of esters is 1. The van der Waals surface area contributed by atoms with Crippen molar-refractivity contribution < 1.29 is 14.0 Å². The lowest BCUT2D eigenvalue weighted by atomic mass is 9.68. The molecule has 0 radical (unpaired) electrons. The fraction of sp³-hybridized carbons (Fsp3) is 0.850. The summed E-state index contributed by atoms with van der Waals surface area (Å²) in [6, 6.07) is 0. The summed E-state index contributed by atoms with van der Waals surface area (Å²) >= 11 is 0. The van der Waals surface area contributed by atoms with Gasteiger partial charge in [-0.25, -0.2) is 0 Å². The lowest BCUT2D eigenvalue weighted by Gasteiger charge is -2.45. The second-order valence-corrected chi connectivity index (χ2v) is 14.4. The summed E-state index contributed by atoms with van der Waals surface area (Å²) in [6.45, 7) is 14.6. The molecule has 24 heavy (non-hydrogen) atoms. The van der Waals surface area contributed by atoms with Gasteiger partial charge < -0.3 is 9.16 Å². The molecular weight excluding hydrogens is 316 g/mol. The van der Waals surface area contributed by atoms with E-state index in [-0.39, 0.29) is 17.5 Å². The molecule has 2 fully saturated rings. The van der Waals surface area contributed by atoms with Crippen molar-refractivity contribution in [1.29, 1.82) is 0 Å². The number of hydrogen-bond donors (Lipinski definition) is 0. The molecule has 4 heteroatoms. The molecular formula is C20H34O3Si. The average Bonchev–Trinajstić information content (AvgIpc) is 3.04. The van der Waals surface area contributed by atoms with Gasteiger partial charge in [-0.1, -0.05) is 47.6 Å². The van der Waals surface area contributed by atoms with Crippen molar-refractivity contribution in [3.63, 3.8) is 0 Å². The monoisotopic (exact) mass is 350 g/mol. The van der Waals surface area contributed by atoms with Gasteiger partial charge in [0.05, 0.1) is 18.1 Å². The second kappa shape index (κ2) is 6.28. The summed E-state index contributed by atoms with van der Waals surface area (Å²) in [5, 5.41) is 0. The Kier molecular flexibility index (Phi) is 4.76. The van der Waals surface area contributed by atoms with Crippen LogP contribution in [0.3, 0.4) is 0 Å². The van der Waals surface area contributed by atoms with E-state index < -0.39 is 8.32 Å². The van der Waals surface area contributed by atoms with Crippen molar-refractivity contribution in [2.45, 2.75) is 90.0 Å². The zero-order valence-electron chi connectivity index (χ0n) is 16.2. The number of carbonyl (C=O) groups excluding carboxylic acids is 1. The molecule has 0 amide bonds. The summed E-state index contributed by atoms with van der Waals surface area (Å²) in [5.74, 6) is 0.405. The van der Waals surface area contributed by atoms with Crippen LogP contribution in [0.2, 0.25) is 16.6 Å². The fourth-order valence-electron chi connectivity index (χ4n) is 6.08. The minimum Gasteiger partial charge on any atom is -0.465 e. The lowest BCUT2D eigenvalue weighted by Crippen LogP contribution is -2.50. The third-order valence-corrected chi connectivity index (χ3v) is 13.2. The van der Waals surface area contributed by atoms with Crippen LogP contribution >= 0.6 is 0 Å². The van der Waals surface area contributed by atoms with E-state index in [0.717, 1.165) is 25.7 Å². The maximum atomic E-state index is 12.6. The van der Waals surface area contributed by atoms with Crippen molar-refractivity contribution in [2.75, 3.05) is 6.61 Å². The minimum atomic E-state index is -1.93. The van der Waals surface area contributed by atoms with Crippen molar-refractivity contribution in [1.82, 2.24) is 0 Å². The molecule has 136 valence electrons. The van der Waals surface area contributed by atoms with E-state index in [9.17, 15) is 4.79 Å². The topological polar surface area (TPSA) is 35.5 Å². The molecule has 1 saturated heterocycles. The van der Waals surface area contributed by atoms with E-state index in [1.165, 1.54) is 5.57 Å². The van der Waals surface area contributed by atoms with Crippen LogP contribution in [0.5, 0.6) is 0 Å². The summed E-state index contributed by atoms with van der Waals surface area (Å²) in [5.41, 5.74) is 2.66. The van der Waals surface area contributed by atoms with Crippen LogP contribution in [0.4, 0.5) is 0 Å². The van der Waals surface area contributed by atoms with Crippen LogP contribution < -0.4 is 0 Å². The average molecular weight is 351 g/mol. The predicted molar refractivity (Wildman–Crippen MR) is 99.4 cm³/mol. The first kappa shape index (κ1) is 18.2. The summed E-state index contributed by atoms with van der Waals surface area (Å²) in [6.07, 6.45) is 6.52. The standard InChI is InChI=1S/C20H34O3Si/c1-13(2)24(14(3)4,15(5)6)23-18-10-11-20-16(12-22-19(20)21)8-7-9-17(18)20/h9,13-16,18H,7-8,10-12H2,1-6H3. The molecule has 3 rings (SSSR count). The molecule has 3 nitrogen and oxygen atoms in total. The Bertz CT molecular complexity index is 515. The molecule has 1 spiro atoms. The highest BCUT2D eigenvalue weighted by Crippen LogP contribution is 2.58. The quantitative estimate of drug-likeness (QED) is 0.387. The molecule has 0 aromatic heterocycles. The van der Waals surface area contributed by atoms with Gasteiger partial charge in [0, 0.05) is 5.92 Å². The van der Waals surface area contributed by atoms with Crippen LogP contribution in [-0.4, -0.2) is 27.0 Å². The third kappa shape index (κ3) is 2.36. The Morgan fingerprint density at radius 2 is 1.75 bits per heavy atom. The van der Waals surface area contributed by atoms with Gasteiger partial charge in [0.25, 0.3) is 0 Å². The smallest absolute Gasteiger partial charge is 0.316 e.